The number of fused-ring (bicyclic) bond motifs is 2. The van der Waals surface area contributed by atoms with E-state index in [1.807, 2.05) is 0 Å². The zero-order chi connectivity index (χ0) is 10.2. The number of ether oxygens (including phenoxy) is 1. The normalized spacial score (nSPS) is 41.9. The number of rotatable bonds is 1. The van der Waals surface area contributed by atoms with Gasteiger partial charge in [-0.25, -0.2) is 0 Å². The molecule has 2 fully saturated rings. The van der Waals surface area contributed by atoms with E-state index in [0.717, 1.165) is 25.8 Å². The number of nitrogens with two attached hydrogens (primary N) is 1. The van der Waals surface area contributed by atoms with Crippen molar-refractivity contribution >= 4 is 5.97 Å². The molecule has 1 saturated heterocycles. The second kappa shape index (κ2) is 3.51. The maximum absolute atomic E-state index is 11.5. The smallest absolute Gasteiger partial charge is 0.311 e. The summed E-state index contributed by atoms with van der Waals surface area (Å²) in [5, 5.41) is 3.27. The fourth-order valence-corrected chi connectivity index (χ4v) is 2.80. The number of carbonyl (C=O) groups excluding carboxylic acids is 1. The largest absolute Gasteiger partial charge is 0.469 e. The van der Waals surface area contributed by atoms with Gasteiger partial charge < -0.3 is 10.5 Å². The van der Waals surface area contributed by atoms with Gasteiger partial charge in [0.1, 0.15) is 0 Å². The van der Waals surface area contributed by atoms with E-state index in [1.54, 1.807) is 0 Å². The molecule has 0 aromatic heterocycles. The van der Waals surface area contributed by atoms with Gasteiger partial charge in [-0.15, -0.1) is 0 Å². The monoisotopic (exact) mass is 198 g/mol. The molecule has 0 amide bonds. The summed E-state index contributed by atoms with van der Waals surface area (Å²) >= 11 is 0. The predicted octanol–water partition coefficient (Wildman–Crippen LogP) is 0.224. The predicted molar refractivity (Wildman–Crippen MR) is 52.4 cm³/mol. The van der Waals surface area contributed by atoms with E-state index in [4.69, 9.17) is 10.5 Å². The third-order valence-electron chi connectivity index (χ3n) is 3.60. The second-order valence-corrected chi connectivity index (χ2v) is 4.48. The van der Waals surface area contributed by atoms with Crippen molar-refractivity contribution in [1.82, 2.24) is 5.32 Å². The highest BCUT2D eigenvalue weighted by Gasteiger charge is 2.47. The molecule has 3 N–H and O–H groups in total. The summed E-state index contributed by atoms with van der Waals surface area (Å²) in [7, 11) is 1.43. The Morgan fingerprint density at radius 1 is 1.50 bits per heavy atom. The molecule has 2 aliphatic rings. The second-order valence-electron chi connectivity index (χ2n) is 4.48. The lowest BCUT2D eigenvalue weighted by molar-refractivity contribution is -0.151. The van der Waals surface area contributed by atoms with Crippen LogP contribution in [0.15, 0.2) is 0 Å². The van der Waals surface area contributed by atoms with Gasteiger partial charge in [-0.2, -0.15) is 0 Å². The number of hydrogen-bond donors (Lipinski definition) is 2. The summed E-state index contributed by atoms with van der Waals surface area (Å²) in [5.74, 6) is 0.367. The van der Waals surface area contributed by atoms with Gasteiger partial charge in [0, 0.05) is 0 Å². The van der Waals surface area contributed by atoms with Crippen LogP contribution >= 0.6 is 0 Å². The molecular formula is C10H18N2O2. The minimum Gasteiger partial charge on any atom is -0.469 e. The molecule has 80 valence electrons. The van der Waals surface area contributed by atoms with Crippen molar-refractivity contribution in [2.45, 2.75) is 31.3 Å². The van der Waals surface area contributed by atoms with Crippen LogP contribution in [0.2, 0.25) is 0 Å². The highest BCUT2D eigenvalue weighted by atomic mass is 16.5. The molecule has 4 heteroatoms. The lowest BCUT2D eigenvalue weighted by Gasteiger charge is -2.47. The first-order valence-corrected chi connectivity index (χ1v) is 5.27. The van der Waals surface area contributed by atoms with E-state index in [2.05, 4.69) is 5.32 Å². The minimum absolute atomic E-state index is 0.163. The van der Waals surface area contributed by atoms with Gasteiger partial charge in [-0.3, -0.25) is 10.1 Å². The van der Waals surface area contributed by atoms with Crippen LogP contribution in [0.3, 0.4) is 0 Å². The molecular weight excluding hydrogens is 180 g/mol. The van der Waals surface area contributed by atoms with E-state index in [-0.39, 0.29) is 11.9 Å². The van der Waals surface area contributed by atoms with Crippen molar-refractivity contribution < 1.29 is 9.53 Å². The first kappa shape index (κ1) is 9.93. The van der Waals surface area contributed by atoms with Crippen LogP contribution < -0.4 is 11.1 Å². The summed E-state index contributed by atoms with van der Waals surface area (Å²) in [6.45, 7) is 0.925. The van der Waals surface area contributed by atoms with Crippen LogP contribution in [-0.4, -0.2) is 25.3 Å². The molecule has 0 aromatic rings. The number of carbonyl (C=O) groups is 1. The Kier molecular flexibility index (Phi) is 2.49. The maximum Gasteiger partial charge on any atom is 0.311 e. The van der Waals surface area contributed by atoms with Crippen LogP contribution in [0.1, 0.15) is 25.7 Å². The quantitative estimate of drug-likeness (QED) is 0.592. The van der Waals surface area contributed by atoms with Crippen molar-refractivity contribution in [3.05, 3.63) is 0 Å². The molecule has 14 heavy (non-hydrogen) atoms. The highest BCUT2D eigenvalue weighted by molar-refractivity contribution is 5.74. The van der Waals surface area contributed by atoms with Crippen LogP contribution in [0.5, 0.6) is 0 Å². The lowest BCUT2D eigenvalue weighted by Crippen LogP contribution is -2.66. The van der Waals surface area contributed by atoms with E-state index in [9.17, 15) is 4.79 Å². The Hall–Kier alpha value is -0.610. The van der Waals surface area contributed by atoms with Crippen molar-refractivity contribution in [2.24, 2.45) is 17.6 Å². The van der Waals surface area contributed by atoms with Crippen LogP contribution in [0.4, 0.5) is 0 Å². The van der Waals surface area contributed by atoms with Gasteiger partial charge in [0.2, 0.25) is 0 Å². The molecule has 2 bridgehead atoms. The molecule has 3 unspecified atom stereocenters. The maximum atomic E-state index is 11.5. The van der Waals surface area contributed by atoms with E-state index < -0.39 is 5.66 Å². The average Bonchev–Trinajstić information content (AvgIpc) is 2.16. The SMILES string of the molecule is COC(=O)C1CCC2CCNC1(N)C2. The summed E-state index contributed by atoms with van der Waals surface area (Å²) in [6.07, 6.45) is 4.07. The molecule has 1 heterocycles. The summed E-state index contributed by atoms with van der Waals surface area (Å²) in [5.41, 5.74) is 5.70. The fourth-order valence-electron chi connectivity index (χ4n) is 2.80. The summed E-state index contributed by atoms with van der Waals surface area (Å²) in [4.78, 5) is 11.5. The fraction of sp³-hybridized carbons (Fsp3) is 0.900. The molecule has 0 aromatic carbocycles. The Morgan fingerprint density at radius 3 is 3.00 bits per heavy atom. The Bertz CT molecular complexity index is 244. The molecule has 0 spiro atoms. The molecule has 3 atom stereocenters. The van der Waals surface area contributed by atoms with Crippen molar-refractivity contribution in [3.63, 3.8) is 0 Å². The first-order chi connectivity index (χ1) is 6.65. The van der Waals surface area contributed by atoms with E-state index >= 15 is 0 Å². The number of piperidine rings is 1. The van der Waals surface area contributed by atoms with Crippen LogP contribution in [-0.2, 0) is 9.53 Å². The van der Waals surface area contributed by atoms with Gasteiger partial charge in [0.25, 0.3) is 0 Å². The number of hydrogen-bond acceptors (Lipinski definition) is 4. The molecule has 1 saturated carbocycles. The number of nitrogens with one attached hydrogen (secondary N) is 1. The summed E-state index contributed by atoms with van der Waals surface area (Å²) in [6, 6.07) is 0. The van der Waals surface area contributed by atoms with Gasteiger partial charge in [0.15, 0.2) is 0 Å². The topological polar surface area (TPSA) is 64.3 Å². The molecule has 4 nitrogen and oxygen atoms in total. The molecule has 0 radical (unpaired) electrons. The first-order valence-electron chi connectivity index (χ1n) is 5.27. The van der Waals surface area contributed by atoms with Crippen molar-refractivity contribution in [3.8, 4) is 0 Å². The molecule has 2 rings (SSSR count). The summed E-state index contributed by atoms with van der Waals surface area (Å²) < 4.78 is 4.79. The van der Waals surface area contributed by atoms with Gasteiger partial charge in [-0.05, 0) is 38.1 Å². The van der Waals surface area contributed by atoms with Gasteiger partial charge in [0.05, 0.1) is 18.7 Å². The molecule has 1 aliphatic heterocycles. The van der Waals surface area contributed by atoms with Crippen LogP contribution in [0, 0.1) is 11.8 Å². The molecule has 1 aliphatic carbocycles. The zero-order valence-corrected chi connectivity index (χ0v) is 8.58. The third kappa shape index (κ3) is 1.53. The van der Waals surface area contributed by atoms with Gasteiger partial charge in [-0.1, -0.05) is 0 Å². The highest BCUT2D eigenvalue weighted by Crippen LogP contribution is 2.38. The Balaban J connectivity index is 2.14. The number of esters is 1. The standard InChI is InChI=1S/C10H18N2O2/c1-14-9(13)8-3-2-7-4-5-12-10(8,11)6-7/h7-8,12H,2-6,11H2,1H3. The minimum atomic E-state index is -0.506. The van der Waals surface area contributed by atoms with Gasteiger partial charge >= 0.3 is 5.97 Å². The average molecular weight is 198 g/mol. The zero-order valence-electron chi connectivity index (χ0n) is 8.58. The van der Waals surface area contributed by atoms with E-state index in [0.29, 0.717) is 5.92 Å². The van der Waals surface area contributed by atoms with Crippen molar-refractivity contribution in [2.75, 3.05) is 13.7 Å². The van der Waals surface area contributed by atoms with Crippen LogP contribution in [0.25, 0.3) is 0 Å². The third-order valence-corrected chi connectivity index (χ3v) is 3.60. The van der Waals surface area contributed by atoms with E-state index in [1.165, 1.54) is 13.5 Å². The Morgan fingerprint density at radius 2 is 2.29 bits per heavy atom. The number of methoxy groups -OCH3 is 1. The lowest BCUT2D eigenvalue weighted by atomic mass is 9.70. The Labute approximate surface area is 84.2 Å². The van der Waals surface area contributed by atoms with Crippen molar-refractivity contribution in [1.29, 1.82) is 0 Å².